The molecule has 0 atom stereocenters. The van der Waals surface area contributed by atoms with Crippen LogP contribution in [0.25, 0.3) is 0 Å². The maximum atomic E-state index is 12.4. The maximum absolute atomic E-state index is 12.4. The molecular formula is C23H41NO6. The Kier molecular flexibility index (Phi) is 11.6. The van der Waals surface area contributed by atoms with Gasteiger partial charge in [0, 0.05) is 13.2 Å². The van der Waals surface area contributed by atoms with E-state index >= 15 is 0 Å². The summed E-state index contributed by atoms with van der Waals surface area (Å²) in [6.45, 7) is 6.08. The molecule has 0 aromatic carbocycles. The third kappa shape index (κ3) is 10.0. The molecule has 0 unspecified atom stereocenters. The summed E-state index contributed by atoms with van der Waals surface area (Å²) < 4.78 is 15.7. The molecule has 0 bridgehead atoms. The summed E-state index contributed by atoms with van der Waals surface area (Å²) in [5.74, 6) is -1.42. The fraction of sp³-hybridized carbons (Fsp3) is 0.826. The van der Waals surface area contributed by atoms with Crippen molar-refractivity contribution in [2.45, 2.75) is 90.2 Å². The third-order valence-electron chi connectivity index (χ3n) is 5.37. The van der Waals surface area contributed by atoms with Crippen LogP contribution in [0.1, 0.15) is 78.6 Å². The number of ether oxygens (including phenoxy) is 3. The summed E-state index contributed by atoms with van der Waals surface area (Å²) in [7, 11) is 1.56. The molecule has 0 amide bonds. The van der Waals surface area contributed by atoms with Crippen molar-refractivity contribution >= 4 is 11.9 Å². The number of aliphatic carboxylic acids is 1. The quantitative estimate of drug-likeness (QED) is 0.344. The summed E-state index contributed by atoms with van der Waals surface area (Å²) in [6, 6.07) is 0.536. The fourth-order valence-corrected chi connectivity index (χ4v) is 3.72. The lowest BCUT2D eigenvalue weighted by molar-refractivity contribution is -0.150. The second-order valence-electron chi connectivity index (χ2n) is 9.28. The number of hydrogen-bond acceptors (Lipinski definition) is 6. The molecule has 0 saturated heterocycles. The molecule has 0 aromatic rings. The van der Waals surface area contributed by atoms with Gasteiger partial charge in [0.05, 0.1) is 30.8 Å². The van der Waals surface area contributed by atoms with Crippen LogP contribution in [-0.2, 0) is 23.8 Å². The highest BCUT2D eigenvalue weighted by molar-refractivity contribution is 5.91. The van der Waals surface area contributed by atoms with E-state index in [0.29, 0.717) is 32.1 Å². The van der Waals surface area contributed by atoms with Gasteiger partial charge >= 0.3 is 11.9 Å². The Morgan fingerprint density at radius 2 is 1.67 bits per heavy atom. The van der Waals surface area contributed by atoms with Crippen LogP contribution in [0.15, 0.2) is 11.6 Å². The van der Waals surface area contributed by atoms with Gasteiger partial charge in [-0.25, -0.2) is 4.79 Å². The Hall–Kier alpha value is -1.44. The van der Waals surface area contributed by atoms with Crippen LogP contribution in [-0.4, -0.2) is 55.6 Å². The molecule has 0 aliphatic heterocycles. The number of carbonyl (C=O) groups is 2. The van der Waals surface area contributed by atoms with Crippen molar-refractivity contribution in [1.29, 1.82) is 0 Å². The first kappa shape index (κ1) is 26.6. The van der Waals surface area contributed by atoms with Crippen molar-refractivity contribution in [3.63, 3.8) is 0 Å². The molecule has 7 nitrogen and oxygen atoms in total. The van der Waals surface area contributed by atoms with Crippen LogP contribution < -0.4 is 5.73 Å². The molecule has 3 N–H and O–H groups in total. The van der Waals surface area contributed by atoms with Crippen LogP contribution in [0.5, 0.6) is 0 Å². The largest absolute Gasteiger partial charge is 0.481 e. The Morgan fingerprint density at radius 1 is 1.07 bits per heavy atom. The molecular weight excluding hydrogens is 386 g/mol. The predicted molar refractivity (Wildman–Crippen MR) is 116 cm³/mol. The zero-order chi connectivity index (χ0) is 22.6. The number of carbonyl (C=O) groups excluding carboxylic acids is 1. The van der Waals surface area contributed by atoms with E-state index in [0.717, 1.165) is 12.8 Å². The molecule has 0 aromatic heterocycles. The molecule has 2 saturated carbocycles. The first-order valence-electron chi connectivity index (χ1n) is 11.1. The lowest BCUT2D eigenvalue weighted by Gasteiger charge is -2.24. The van der Waals surface area contributed by atoms with Crippen LogP contribution in [0.4, 0.5) is 0 Å². The predicted octanol–water partition coefficient (Wildman–Crippen LogP) is 3.84. The van der Waals surface area contributed by atoms with Crippen molar-refractivity contribution in [3.05, 3.63) is 11.6 Å². The minimum Gasteiger partial charge on any atom is -0.481 e. The standard InChI is InChI=1S/C17H28O6.C6H13N/c1-16(2,3)23-14(18)13(12-22-10-9-21-4)11-17(15(19)20)7-5-6-8-17;7-6-4-2-1-3-5-6/h11H,5-10,12H2,1-4H3,(H,19,20);6H,1-5,7H2. The molecule has 0 heterocycles. The first-order valence-corrected chi connectivity index (χ1v) is 11.1. The van der Waals surface area contributed by atoms with Gasteiger partial charge in [-0.2, -0.15) is 0 Å². The molecule has 0 radical (unpaired) electrons. The molecule has 7 heteroatoms. The van der Waals surface area contributed by atoms with Crippen LogP contribution in [0.2, 0.25) is 0 Å². The van der Waals surface area contributed by atoms with Crippen LogP contribution in [0.3, 0.4) is 0 Å². The monoisotopic (exact) mass is 427 g/mol. The number of nitrogens with two attached hydrogens (primary N) is 1. The van der Waals surface area contributed by atoms with Gasteiger partial charge in [-0.15, -0.1) is 0 Å². The highest BCUT2D eigenvalue weighted by atomic mass is 16.6. The number of methoxy groups -OCH3 is 1. The number of carboxylic acid groups (broad SMARTS) is 1. The molecule has 2 rings (SSSR count). The van der Waals surface area contributed by atoms with E-state index < -0.39 is 23.0 Å². The average molecular weight is 428 g/mol. The van der Waals surface area contributed by atoms with Crippen molar-refractivity contribution in [2.24, 2.45) is 11.1 Å². The average Bonchev–Trinajstić information content (AvgIpc) is 3.14. The van der Waals surface area contributed by atoms with Gasteiger partial charge < -0.3 is 25.1 Å². The molecule has 2 fully saturated rings. The maximum Gasteiger partial charge on any atom is 0.336 e. The summed E-state index contributed by atoms with van der Waals surface area (Å²) in [5.41, 5.74) is 4.27. The van der Waals surface area contributed by atoms with Gasteiger partial charge in [-0.3, -0.25) is 4.79 Å². The molecule has 2 aliphatic rings. The minimum atomic E-state index is -0.989. The normalized spacial score (nSPS) is 19.7. The SMILES string of the molecule is COCCOCC(=CC1(C(=O)O)CCCC1)C(=O)OC(C)(C)C.NC1CCCCC1. The van der Waals surface area contributed by atoms with E-state index in [-0.39, 0.29) is 12.2 Å². The van der Waals surface area contributed by atoms with Gasteiger partial charge in [-0.1, -0.05) is 38.2 Å². The number of carboxylic acids is 1. The topological polar surface area (TPSA) is 108 Å². The van der Waals surface area contributed by atoms with E-state index in [9.17, 15) is 14.7 Å². The smallest absolute Gasteiger partial charge is 0.336 e. The van der Waals surface area contributed by atoms with Crippen molar-refractivity contribution in [1.82, 2.24) is 0 Å². The minimum absolute atomic E-state index is 0.0211. The summed E-state index contributed by atoms with van der Waals surface area (Å²) in [4.78, 5) is 24.1. The summed E-state index contributed by atoms with van der Waals surface area (Å²) in [6.07, 6.45) is 11.0. The second kappa shape index (κ2) is 13.1. The highest BCUT2D eigenvalue weighted by Crippen LogP contribution is 2.40. The Morgan fingerprint density at radius 3 is 2.10 bits per heavy atom. The number of hydrogen-bond donors (Lipinski definition) is 2. The molecule has 2 aliphatic carbocycles. The van der Waals surface area contributed by atoms with Crippen molar-refractivity contribution < 1.29 is 28.9 Å². The van der Waals surface area contributed by atoms with Crippen LogP contribution in [0, 0.1) is 5.41 Å². The zero-order valence-electron chi connectivity index (χ0n) is 19.2. The Bertz CT molecular complexity index is 555. The first-order chi connectivity index (χ1) is 14.1. The van der Waals surface area contributed by atoms with Crippen molar-refractivity contribution in [3.8, 4) is 0 Å². The molecule has 0 spiro atoms. The molecule has 174 valence electrons. The van der Waals surface area contributed by atoms with Gasteiger partial charge in [0.1, 0.15) is 5.60 Å². The number of rotatable bonds is 8. The van der Waals surface area contributed by atoms with Crippen molar-refractivity contribution in [2.75, 3.05) is 26.9 Å². The lowest BCUT2D eigenvalue weighted by Crippen LogP contribution is -2.30. The highest BCUT2D eigenvalue weighted by Gasteiger charge is 2.40. The Balaban J connectivity index is 0.000000539. The van der Waals surface area contributed by atoms with E-state index in [4.69, 9.17) is 19.9 Å². The van der Waals surface area contributed by atoms with Gasteiger partial charge in [0.2, 0.25) is 0 Å². The fourth-order valence-electron chi connectivity index (χ4n) is 3.72. The van der Waals surface area contributed by atoms with Crippen LogP contribution >= 0.6 is 0 Å². The lowest BCUT2D eigenvalue weighted by atomic mass is 9.84. The second-order valence-corrected chi connectivity index (χ2v) is 9.28. The van der Waals surface area contributed by atoms with E-state index in [2.05, 4.69) is 0 Å². The van der Waals surface area contributed by atoms with Gasteiger partial charge in [0.25, 0.3) is 0 Å². The summed E-state index contributed by atoms with van der Waals surface area (Å²) >= 11 is 0. The van der Waals surface area contributed by atoms with Gasteiger partial charge in [0.15, 0.2) is 0 Å². The van der Waals surface area contributed by atoms with E-state index in [1.165, 1.54) is 32.1 Å². The number of esters is 1. The third-order valence-corrected chi connectivity index (χ3v) is 5.37. The Labute approximate surface area is 181 Å². The summed E-state index contributed by atoms with van der Waals surface area (Å²) in [5, 5.41) is 9.58. The van der Waals surface area contributed by atoms with Gasteiger partial charge in [-0.05, 0) is 46.5 Å². The van der Waals surface area contributed by atoms with E-state index in [1.54, 1.807) is 34.0 Å². The van der Waals surface area contributed by atoms with E-state index in [1.807, 2.05) is 0 Å². The zero-order valence-corrected chi connectivity index (χ0v) is 19.2. The molecule has 30 heavy (non-hydrogen) atoms.